The molecule has 5 nitrogen and oxygen atoms in total. The Morgan fingerprint density at radius 3 is 2.43 bits per heavy atom. The van der Waals surface area contributed by atoms with E-state index in [0.717, 1.165) is 0 Å². The molecule has 0 aromatic carbocycles. The summed E-state index contributed by atoms with van der Waals surface area (Å²) in [6.07, 6.45) is 6.26. The second kappa shape index (κ2) is 6.48. The Bertz CT molecular complexity index is 451. The highest BCUT2D eigenvalue weighted by atomic mass is 16.5. The molecular formula is C16H26N2O3. The summed E-state index contributed by atoms with van der Waals surface area (Å²) >= 11 is 0. The second-order valence-corrected chi connectivity index (χ2v) is 6.53. The topological polar surface area (TPSA) is 72.6 Å². The molecule has 3 atom stereocenters. The van der Waals surface area contributed by atoms with Crippen molar-refractivity contribution in [1.82, 2.24) is 4.90 Å². The maximum Gasteiger partial charge on any atom is 0.328 e. The van der Waals surface area contributed by atoms with Gasteiger partial charge in [0.2, 0.25) is 5.91 Å². The Labute approximate surface area is 127 Å². The van der Waals surface area contributed by atoms with Crippen molar-refractivity contribution < 1.29 is 14.3 Å². The molecule has 0 spiro atoms. The molecule has 1 saturated heterocycles. The fourth-order valence-electron chi connectivity index (χ4n) is 2.79. The molecule has 0 radical (unpaired) electrons. The molecule has 0 unspecified atom stereocenters. The fourth-order valence-corrected chi connectivity index (χ4v) is 2.79. The molecule has 1 aliphatic rings. The molecule has 5 heteroatoms. The minimum absolute atomic E-state index is 0.00971. The highest BCUT2D eigenvalue weighted by Gasteiger charge is 2.49. The number of ether oxygens (including phenoxy) is 1. The van der Waals surface area contributed by atoms with E-state index in [2.05, 4.69) is 5.92 Å². The van der Waals surface area contributed by atoms with Crippen molar-refractivity contribution in [3.8, 4) is 12.3 Å². The van der Waals surface area contributed by atoms with Crippen LogP contribution < -0.4 is 5.73 Å². The van der Waals surface area contributed by atoms with Gasteiger partial charge in [0.05, 0.1) is 13.2 Å². The first-order valence-electron chi connectivity index (χ1n) is 7.29. The number of hydrogen-bond donors (Lipinski definition) is 1. The largest absolute Gasteiger partial charge is 0.467 e. The van der Waals surface area contributed by atoms with Crippen molar-refractivity contribution in [2.75, 3.05) is 13.7 Å². The van der Waals surface area contributed by atoms with Crippen molar-refractivity contribution in [1.29, 1.82) is 0 Å². The van der Waals surface area contributed by atoms with Crippen LogP contribution in [0.4, 0.5) is 0 Å². The van der Waals surface area contributed by atoms with Gasteiger partial charge in [0.15, 0.2) is 0 Å². The number of amides is 1. The Balaban J connectivity index is 3.10. The van der Waals surface area contributed by atoms with E-state index in [4.69, 9.17) is 16.9 Å². The van der Waals surface area contributed by atoms with Gasteiger partial charge >= 0.3 is 5.97 Å². The average Bonchev–Trinajstić information content (AvgIpc) is 2.90. The van der Waals surface area contributed by atoms with E-state index < -0.39 is 23.5 Å². The van der Waals surface area contributed by atoms with Crippen LogP contribution in [0.5, 0.6) is 0 Å². The molecule has 0 bridgehead atoms. The van der Waals surface area contributed by atoms with Crippen molar-refractivity contribution in [3.63, 3.8) is 0 Å². The lowest BCUT2D eigenvalue weighted by atomic mass is 9.75. The van der Waals surface area contributed by atoms with Gasteiger partial charge in [-0.3, -0.25) is 4.79 Å². The molecule has 118 valence electrons. The van der Waals surface area contributed by atoms with Crippen LogP contribution in [0.1, 0.15) is 34.1 Å². The number of likely N-dealkylation sites (tertiary alicyclic amines) is 1. The van der Waals surface area contributed by atoms with Crippen molar-refractivity contribution >= 4 is 11.9 Å². The number of nitrogens with two attached hydrogens (primary N) is 1. The van der Waals surface area contributed by atoms with E-state index in [1.165, 1.54) is 7.11 Å². The lowest BCUT2D eigenvalue weighted by Crippen LogP contribution is -2.53. The highest BCUT2D eigenvalue weighted by Crippen LogP contribution is 2.39. The number of carbonyl (C=O) groups excluding carboxylic acids is 2. The molecule has 2 N–H and O–H groups in total. The zero-order valence-electron chi connectivity index (χ0n) is 13.6. The van der Waals surface area contributed by atoms with Gasteiger partial charge in [-0.25, -0.2) is 4.79 Å². The van der Waals surface area contributed by atoms with Crippen LogP contribution in [-0.2, 0) is 14.3 Å². The van der Waals surface area contributed by atoms with Gasteiger partial charge < -0.3 is 15.4 Å². The van der Waals surface area contributed by atoms with E-state index in [-0.39, 0.29) is 17.7 Å². The average molecular weight is 294 g/mol. The molecule has 1 rings (SSSR count). The fraction of sp³-hybridized carbons (Fsp3) is 0.750. The standard InChI is InChI=1S/C16H26N2O3/c1-7-16(4,5)11-8-9-18(13(11)15(20)21-6)14(19)12(17)10(2)3/h1,10-13H,8-9,17H2,2-6H3/t11-,12-,13-/m0/s1. The molecule has 1 fully saturated rings. The van der Waals surface area contributed by atoms with Crippen LogP contribution in [0.15, 0.2) is 0 Å². The van der Waals surface area contributed by atoms with E-state index >= 15 is 0 Å². The normalized spacial score (nSPS) is 23.8. The first-order valence-corrected chi connectivity index (χ1v) is 7.29. The molecule has 1 aliphatic heterocycles. The van der Waals surface area contributed by atoms with Gasteiger partial charge in [0.1, 0.15) is 6.04 Å². The van der Waals surface area contributed by atoms with Crippen LogP contribution in [0.2, 0.25) is 0 Å². The molecule has 0 aromatic heterocycles. The third-order valence-electron chi connectivity index (χ3n) is 4.43. The zero-order chi connectivity index (χ0) is 16.4. The Morgan fingerprint density at radius 1 is 1.43 bits per heavy atom. The van der Waals surface area contributed by atoms with Gasteiger partial charge in [-0.05, 0) is 26.2 Å². The third-order valence-corrected chi connectivity index (χ3v) is 4.43. The molecule has 0 aliphatic carbocycles. The van der Waals surface area contributed by atoms with E-state index in [0.29, 0.717) is 13.0 Å². The van der Waals surface area contributed by atoms with Gasteiger partial charge in [-0.15, -0.1) is 12.3 Å². The zero-order valence-corrected chi connectivity index (χ0v) is 13.6. The number of rotatable bonds is 4. The maximum atomic E-state index is 12.5. The van der Waals surface area contributed by atoms with Crippen molar-refractivity contribution in [3.05, 3.63) is 0 Å². The molecular weight excluding hydrogens is 268 g/mol. The summed E-state index contributed by atoms with van der Waals surface area (Å²) in [6.45, 7) is 8.06. The second-order valence-electron chi connectivity index (χ2n) is 6.53. The Hall–Kier alpha value is -1.54. The Kier molecular flexibility index (Phi) is 5.41. The van der Waals surface area contributed by atoms with Gasteiger partial charge in [0, 0.05) is 17.9 Å². The number of methoxy groups -OCH3 is 1. The van der Waals surface area contributed by atoms with E-state index in [9.17, 15) is 9.59 Å². The molecule has 0 aromatic rings. The van der Waals surface area contributed by atoms with E-state index in [1.807, 2.05) is 27.7 Å². The van der Waals surface area contributed by atoms with Crippen molar-refractivity contribution in [2.45, 2.75) is 46.2 Å². The quantitative estimate of drug-likeness (QED) is 0.620. The summed E-state index contributed by atoms with van der Waals surface area (Å²) in [5.74, 6) is 1.97. The molecule has 1 amide bonds. The predicted molar refractivity (Wildman–Crippen MR) is 81.1 cm³/mol. The lowest BCUT2D eigenvalue weighted by Gasteiger charge is -2.34. The maximum absolute atomic E-state index is 12.5. The number of esters is 1. The van der Waals surface area contributed by atoms with Gasteiger partial charge in [-0.1, -0.05) is 13.8 Å². The summed E-state index contributed by atoms with van der Waals surface area (Å²) < 4.78 is 4.88. The summed E-state index contributed by atoms with van der Waals surface area (Å²) in [5.41, 5.74) is 5.46. The summed E-state index contributed by atoms with van der Waals surface area (Å²) in [7, 11) is 1.33. The van der Waals surface area contributed by atoms with Gasteiger partial charge in [-0.2, -0.15) is 0 Å². The van der Waals surface area contributed by atoms with E-state index in [1.54, 1.807) is 4.90 Å². The third kappa shape index (κ3) is 3.38. The minimum atomic E-state index is -0.654. The monoisotopic (exact) mass is 294 g/mol. The van der Waals surface area contributed by atoms with Gasteiger partial charge in [0.25, 0.3) is 0 Å². The number of nitrogens with zero attached hydrogens (tertiary/aromatic N) is 1. The van der Waals surface area contributed by atoms with Crippen LogP contribution in [0, 0.1) is 29.6 Å². The Morgan fingerprint density at radius 2 is 2.00 bits per heavy atom. The molecule has 21 heavy (non-hydrogen) atoms. The first-order chi connectivity index (χ1) is 9.67. The number of terminal acetylenes is 1. The minimum Gasteiger partial charge on any atom is -0.467 e. The van der Waals surface area contributed by atoms with Crippen LogP contribution in [-0.4, -0.2) is 42.5 Å². The number of carbonyl (C=O) groups is 2. The van der Waals surface area contributed by atoms with Crippen LogP contribution in [0.25, 0.3) is 0 Å². The summed E-state index contributed by atoms with van der Waals surface area (Å²) in [4.78, 5) is 26.2. The van der Waals surface area contributed by atoms with Crippen LogP contribution >= 0.6 is 0 Å². The molecule has 1 heterocycles. The summed E-state index contributed by atoms with van der Waals surface area (Å²) in [5, 5.41) is 0. The first kappa shape index (κ1) is 17.5. The van der Waals surface area contributed by atoms with Crippen molar-refractivity contribution in [2.24, 2.45) is 23.0 Å². The summed E-state index contributed by atoms with van der Waals surface area (Å²) in [6, 6.07) is -1.27. The molecule has 0 saturated carbocycles. The SMILES string of the molecule is C#CC(C)(C)[C@H]1CCN(C(=O)[C@@H](N)C(C)C)[C@@H]1C(=O)OC. The predicted octanol–water partition coefficient (Wildman–Crippen LogP) is 1.02. The lowest BCUT2D eigenvalue weighted by molar-refractivity contribution is -0.154. The van der Waals surface area contributed by atoms with Crippen LogP contribution in [0.3, 0.4) is 0 Å². The highest BCUT2D eigenvalue weighted by molar-refractivity contribution is 5.88. The smallest absolute Gasteiger partial charge is 0.328 e. The number of hydrogen-bond acceptors (Lipinski definition) is 4.